The highest BCUT2D eigenvalue weighted by molar-refractivity contribution is 6.35. The van der Waals surface area contributed by atoms with E-state index in [9.17, 15) is 29.1 Å². The lowest BCUT2D eigenvalue weighted by molar-refractivity contribution is -0.171. The highest BCUT2D eigenvalue weighted by Crippen LogP contribution is 2.34. The van der Waals surface area contributed by atoms with Crippen LogP contribution in [-0.4, -0.2) is 61.6 Å². The lowest BCUT2D eigenvalue weighted by atomic mass is 9.97. The zero-order valence-corrected chi connectivity index (χ0v) is 27.2. The first kappa shape index (κ1) is 34.2. The first-order chi connectivity index (χ1) is 21.8. The topological polar surface area (TPSA) is 125 Å². The average molecular weight is 667 g/mol. The molecule has 1 aliphatic heterocycles. The van der Waals surface area contributed by atoms with E-state index >= 15 is 0 Å². The van der Waals surface area contributed by atoms with Crippen LogP contribution < -0.4 is 4.74 Å². The minimum atomic E-state index is -1.76. The fourth-order valence-electron chi connectivity index (χ4n) is 5.32. The van der Waals surface area contributed by atoms with E-state index in [1.807, 2.05) is 0 Å². The van der Waals surface area contributed by atoms with Crippen LogP contribution in [0.4, 0.5) is 0 Å². The third-order valence-corrected chi connectivity index (χ3v) is 7.76. The highest BCUT2D eigenvalue weighted by atomic mass is 35.5. The van der Waals surface area contributed by atoms with Gasteiger partial charge in [-0.15, -0.1) is 0 Å². The van der Waals surface area contributed by atoms with Gasteiger partial charge in [-0.25, -0.2) is 14.8 Å². The molecule has 3 aromatic carbocycles. The highest BCUT2D eigenvalue weighted by Gasteiger charge is 2.46. The normalized spacial score (nSPS) is 15.3. The van der Waals surface area contributed by atoms with E-state index in [0.29, 0.717) is 32.5 Å². The number of carboxylic acid groups (broad SMARTS) is 1. The minimum Gasteiger partial charge on any atom is -0.489 e. The molecule has 1 aliphatic rings. The molecule has 12 heteroatoms. The number of Topliss-reactive ketones (excluding diaryl/α,β-unsaturated/α-hetero) is 1. The Bertz CT molecular complexity index is 1670. The smallest absolute Gasteiger partial charge is 0.374 e. The molecule has 3 aromatic rings. The summed E-state index contributed by atoms with van der Waals surface area (Å²) in [6, 6.07) is 17.5. The molecule has 0 bridgehead atoms. The molecule has 240 valence electrons. The van der Waals surface area contributed by atoms with E-state index in [4.69, 9.17) is 27.9 Å². The van der Waals surface area contributed by atoms with Gasteiger partial charge in [0.15, 0.2) is 0 Å². The summed E-state index contributed by atoms with van der Waals surface area (Å²) in [4.78, 5) is 67.3. The molecule has 0 radical (unpaired) electrons. The maximum Gasteiger partial charge on any atom is 0.374 e. The molecule has 3 amide bonds. The third-order valence-electron chi connectivity index (χ3n) is 7.32. The third kappa shape index (κ3) is 7.75. The Balaban J connectivity index is 1.85. The Morgan fingerprint density at radius 2 is 1.57 bits per heavy atom. The summed E-state index contributed by atoms with van der Waals surface area (Å²) in [5, 5.41) is 12.6. The summed E-state index contributed by atoms with van der Waals surface area (Å²) in [6.45, 7) is 6.06. The molecule has 10 nitrogen and oxygen atoms in total. The Hall–Kier alpha value is -4.67. The van der Waals surface area contributed by atoms with Crippen LogP contribution in [0, 0.1) is 5.92 Å². The van der Waals surface area contributed by atoms with E-state index in [1.54, 1.807) is 86.6 Å². The van der Waals surface area contributed by atoms with Crippen molar-refractivity contribution in [1.29, 1.82) is 0 Å². The number of halogens is 2. The van der Waals surface area contributed by atoms with E-state index in [2.05, 4.69) is 0 Å². The first-order valence-electron chi connectivity index (χ1n) is 14.4. The lowest BCUT2D eigenvalue weighted by Gasteiger charge is -2.46. The fraction of sp³-hybridized carbons (Fsp3) is 0.265. The van der Waals surface area contributed by atoms with Gasteiger partial charge in [0.2, 0.25) is 11.8 Å². The quantitative estimate of drug-likeness (QED) is 0.264. The zero-order chi connectivity index (χ0) is 33.7. The number of hydrogen-bond donors (Lipinski definition) is 1. The number of carbonyl (C=O) groups is 5. The largest absolute Gasteiger partial charge is 0.489 e. The number of aliphatic carboxylic acids is 1. The number of carboxylic acids is 1. The van der Waals surface area contributed by atoms with Gasteiger partial charge in [-0.2, -0.15) is 0 Å². The predicted molar refractivity (Wildman–Crippen MR) is 172 cm³/mol. The van der Waals surface area contributed by atoms with E-state index in [1.165, 1.54) is 18.0 Å². The molecular formula is C34H33Cl2N3O7. The summed E-state index contributed by atoms with van der Waals surface area (Å²) in [5.74, 6) is -4.94. The summed E-state index contributed by atoms with van der Waals surface area (Å²) >= 11 is 12.2. The van der Waals surface area contributed by atoms with Gasteiger partial charge >= 0.3 is 5.97 Å². The number of hydrazine groups is 1. The van der Waals surface area contributed by atoms with Crippen molar-refractivity contribution in [2.45, 2.75) is 52.8 Å². The van der Waals surface area contributed by atoms with Crippen molar-refractivity contribution in [2.24, 2.45) is 5.92 Å². The van der Waals surface area contributed by atoms with E-state index in [-0.39, 0.29) is 18.7 Å². The lowest BCUT2D eigenvalue weighted by Crippen LogP contribution is -2.63. The summed E-state index contributed by atoms with van der Waals surface area (Å²) < 4.78 is 5.99. The van der Waals surface area contributed by atoms with Crippen LogP contribution >= 0.6 is 23.2 Å². The van der Waals surface area contributed by atoms with Crippen molar-refractivity contribution in [3.05, 3.63) is 106 Å². The minimum absolute atomic E-state index is 0.0693. The number of ketones is 1. The van der Waals surface area contributed by atoms with Gasteiger partial charge in [-0.1, -0.05) is 79.5 Å². The molecule has 46 heavy (non-hydrogen) atoms. The number of hydrogen-bond acceptors (Lipinski definition) is 6. The van der Waals surface area contributed by atoms with Gasteiger partial charge in [-0.05, 0) is 47.4 Å². The van der Waals surface area contributed by atoms with Gasteiger partial charge in [-0.3, -0.25) is 19.2 Å². The summed E-state index contributed by atoms with van der Waals surface area (Å²) in [5.41, 5.74) is 1.71. The van der Waals surface area contributed by atoms with Crippen molar-refractivity contribution in [3.63, 3.8) is 0 Å². The van der Waals surface area contributed by atoms with Crippen LogP contribution in [0.5, 0.6) is 5.75 Å². The molecular weight excluding hydrogens is 633 g/mol. The molecule has 1 heterocycles. The Labute approximate surface area is 276 Å². The summed E-state index contributed by atoms with van der Waals surface area (Å²) in [7, 11) is 0. The second-order valence-corrected chi connectivity index (χ2v) is 12.0. The molecule has 0 aliphatic carbocycles. The molecule has 0 saturated heterocycles. The average Bonchev–Trinajstić information content (AvgIpc) is 2.99. The van der Waals surface area contributed by atoms with Gasteiger partial charge in [0.1, 0.15) is 24.4 Å². The van der Waals surface area contributed by atoms with Crippen molar-refractivity contribution < 1.29 is 33.8 Å². The van der Waals surface area contributed by atoms with E-state index in [0.717, 1.165) is 16.9 Å². The zero-order valence-electron chi connectivity index (χ0n) is 25.6. The van der Waals surface area contributed by atoms with Crippen LogP contribution in [0.1, 0.15) is 44.4 Å². The molecule has 1 N–H and O–H groups in total. The molecule has 0 aromatic heterocycles. The predicted octanol–water partition coefficient (Wildman–Crippen LogP) is 5.61. The van der Waals surface area contributed by atoms with Crippen LogP contribution in [0.3, 0.4) is 0 Å². The first-order valence-corrected chi connectivity index (χ1v) is 15.2. The molecule has 0 fully saturated rings. The number of carbonyl (C=O) groups excluding carboxylic acids is 4. The van der Waals surface area contributed by atoms with Crippen molar-refractivity contribution >= 4 is 58.4 Å². The Kier molecular flexibility index (Phi) is 10.9. The fourth-order valence-corrected chi connectivity index (χ4v) is 5.89. The Morgan fingerprint density at radius 1 is 0.913 bits per heavy atom. The van der Waals surface area contributed by atoms with Gasteiger partial charge < -0.3 is 14.7 Å². The monoisotopic (exact) mass is 665 g/mol. The van der Waals surface area contributed by atoms with Crippen molar-refractivity contribution in [1.82, 2.24) is 14.9 Å². The maximum absolute atomic E-state index is 14.4. The van der Waals surface area contributed by atoms with Gasteiger partial charge in [0.05, 0.1) is 5.70 Å². The number of nitrogens with zero attached hydrogens (tertiary/aromatic N) is 3. The van der Waals surface area contributed by atoms with Crippen LogP contribution in [-0.2, 0) is 37.0 Å². The second-order valence-electron chi connectivity index (χ2n) is 11.1. The van der Waals surface area contributed by atoms with Crippen molar-refractivity contribution in [3.8, 4) is 5.75 Å². The van der Waals surface area contributed by atoms with Gasteiger partial charge in [0.25, 0.3) is 11.7 Å². The standard InChI is InChI=1S/C34H33Cl2N3O7/c1-20(2)31-33(43)39(38(22(4)41)29(32(42)34(44)45)15-23-9-6-5-7-10-23)30(18-37(31)21(3)40)25-11-8-12-28(16-25)46-19-24-13-26(35)17-27(36)14-24/h5-14,16-18,20,29,31H,15,19H2,1-4H3,(H,44,45)/t29-,31+/m0/s1. The van der Waals surface area contributed by atoms with Crippen LogP contribution in [0.15, 0.2) is 79.0 Å². The number of amides is 3. The molecule has 0 unspecified atom stereocenters. The molecule has 0 saturated carbocycles. The van der Waals surface area contributed by atoms with Gasteiger partial charge in [0, 0.05) is 42.1 Å². The van der Waals surface area contributed by atoms with E-state index < -0.39 is 47.5 Å². The maximum atomic E-state index is 14.4. The number of ether oxygens (including phenoxy) is 1. The molecule has 0 spiro atoms. The molecule has 4 rings (SSSR count). The van der Waals surface area contributed by atoms with Crippen LogP contribution in [0.2, 0.25) is 10.0 Å². The van der Waals surface area contributed by atoms with Crippen LogP contribution in [0.25, 0.3) is 5.70 Å². The summed E-state index contributed by atoms with van der Waals surface area (Å²) in [6.07, 6.45) is 1.25. The number of rotatable bonds is 11. The molecule has 2 atom stereocenters. The van der Waals surface area contributed by atoms with Crippen molar-refractivity contribution in [2.75, 3.05) is 0 Å². The second kappa shape index (κ2) is 14.6. The number of benzene rings is 3. The SMILES string of the molecule is CC(=O)N1C=C(c2cccc(OCc3cc(Cl)cc(Cl)c3)c2)N(N(C(C)=O)[C@@H](Cc2ccccc2)C(=O)C(=O)O)C(=O)[C@H]1C(C)C. The Morgan fingerprint density at radius 3 is 2.13 bits per heavy atom.